The number of hydrogen-bond donors (Lipinski definition) is 2. The van der Waals surface area contributed by atoms with E-state index in [0.717, 1.165) is 11.4 Å². The third-order valence-electron chi connectivity index (χ3n) is 5.10. The quantitative estimate of drug-likeness (QED) is 0.759. The number of aryl methyl sites for hydroxylation is 1. The van der Waals surface area contributed by atoms with Crippen LogP contribution >= 0.6 is 0 Å². The summed E-state index contributed by atoms with van der Waals surface area (Å²) in [5, 5.41) is 2.85. The number of imide groups is 1. The number of benzene rings is 2. The van der Waals surface area contributed by atoms with Crippen LogP contribution < -0.4 is 15.0 Å². The number of nitrogens with one attached hydrogen (secondary N) is 2. The molecule has 1 aliphatic rings. The summed E-state index contributed by atoms with van der Waals surface area (Å²) in [6.45, 7) is 4.84. The molecule has 27 heavy (non-hydrogen) atoms. The highest BCUT2D eigenvalue weighted by molar-refractivity contribution is 6.07. The molecule has 1 saturated heterocycles. The largest absolute Gasteiger partial charge is 0.497 e. The van der Waals surface area contributed by atoms with Crippen LogP contribution in [0.25, 0.3) is 0 Å². The molecule has 0 aromatic heterocycles. The predicted octanol–water partition coefficient (Wildman–Crippen LogP) is 1.44. The van der Waals surface area contributed by atoms with E-state index in [9.17, 15) is 9.59 Å². The molecule has 3 rings (SSSR count). The minimum absolute atomic E-state index is 0.245. The lowest BCUT2D eigenvalue weighted by Gasteiger charge is -2.24. The average Bonchev–Trinajstić information content (AvgIpc) is 2.88. The van der Waals surface area contributed by atoms with Gasteiger partial charge in [0, 0.05) is 5.56 Å². The van der Waals surface area contributed by atoms with Gasteiger partial charge in [-0.05, 0) is 37.1 Å². The minimum atomic E-state index is -1.09. The molecular formula is C21H26N3O3+. The number of nitrogens with zero attached hydrogens (tertiary/aromatic N) is 1. The van der Waals surface area contributed by atoms with Crippen molar-refractivity contribution in [2.45, 2.75) is 25.9 Å². The lowest BCUT2D eigenvalue weighted by molar-refractivity contribution is -0.901. The van der Waals surface area contributed by atoms with E-state index in [0.29, 0.717) is 18.0 Å². The summed E-state index contributed by atoms with van der Waals surface area (Å²) in [5.74, 6) is 0.404. The first-order chi connectivity index (χ1) is 12.8. The van der Waals surface area contributed by atoms with E-state index in [1.54, 1.807) is 20.1 Å². The molecule has 0 spiro atoms. The van der Waals surface area contributed by atoms with Crippen molar-refractivity contribution in [1.82, 2.24) is 10.2 Å². The van der Waals surface area contributed by atoms with E-state index in [1.807, 2.05) is 37.4 Å². The van der Waals surface area contributed by atoms with Crippen molar-refractivity contribution in [2.75, 3.05) is 20.8 Å². The van der Waals surface area contributed by atoms with E-state index in [4.69, 9.17) is 4.74 Å². The highest BCUT2D eigenvalue weighted by Gasteiger charge is 2.50. The normalized spacial score (nSPS) is 20.5. The van der Waals surface area contributed by atoms with E-state index in [2.05, 4.69) is 24.4 Å². The second kappa shape index (κ2) is 7.40. The first kappa shape index (κ1) is 18.9. The standard InChI is InChI=1S/C21H25N3O3/c1-15-8-5-6-9-16(15)13-23(3)14-24-19(25)21(2,22-20(24)26)17-10-7-11-18(12-17)27-4/h5-12H,13-14H2,1-4H3,(H,22,26)/p+1/t21-/m0/s1. The Morgan fingerprint density at radius 3 is 2.59 bits per heavy atom. The molecule has 2 aromatic rings. The molecule has 0 radical (unpaired) electrons. The SMILES string of the molecule is COc1cccc([C@]2(C)NC(=O)N(C[NH+](C)Cc3ccccc3C)C2=O)c1. The molecule has 1 aliphatic heterocycles. The van der Waals surface area contributed by atoms with Crippen LogP contribution in [0.2, 0.25) is 0 Å². The number of quaternary nitrogens is 1. The second-order valence-corrected chi connectivity index (χ2v) is 7.24. The van der Waals surface area contributed by atoms with Crippen LogP contribution in [-0.2, 0) is 16.9 Å². The number of methoxy groups -OCH3 is 1. The van der Waals surface area contributed by atoms with Crippen molar-refractivity contribution >= 4 is 11.9 Å². The molecule has 2 atom stereocenters. The zero-order valence-corrected chi connectivity index (χ0v) is 16.2. The van der Waals surface area contributed by atoms with Crippen LogP contribution in [0, 0.1) is 6.92 Å². The third kappa shape index (κ3) is 3.66. The average molecular weight is 368 g/mol. The fraction of sp³-hybridized carbons (Fsp3) is 0.333. The molecule has 2 N–H and O–H groups in total. The van der Waals surface area contributed by atoms with Crippen molar-refractivity contribution in [3.63, 3.8) is 0 Å². The smallest absolute Gasteiger partial charge is 0.329 e. The first-order valence-electron chi connectivity index (χ1n) is 8.99. The maximum absolute atomic E-state index is 13.1. The summed E-state index contributed by atoms with van der Waals surface area (Å²) < 4.78 is 5.25. The van der Waals surface area contributed by atoms with E-state index in [-0.39, 0.29) is 11.9 Å². The highest BCUT2D eigenvalue weighted by Crippen LogP contribution is 2.30. The van der Waals surface area contributed by atoms with Gasteiger partial charge in [-0.15, -0.1) is 0 Å². The van der Waals surface area contributed by atoms with Gasteiger partial charge < -0.3 is 15.0 Å². The monoisotopic (exact) mass is 368 g/mol. The third-order valence-corrected chi connectivity index (χ3v) is 5.10. The van der Waals surface area contributed by atoms with Gasteiger partial charge in [0.2, 0.25) is 0 Å². The minimum Gasteiger partial charge on any atom is -0.497 e. The number of hydrogen-bond acceptors (Lipinski definition) is 3. The van der Waals surface area contributed by atoms with Gasteiger partial charge in [0.15, 0.2) is 6.67 Å². The number of rotatable bonds is 6. The number of carbonyl (C=O) groups excluding carboxylic acids is 2. The molecule has 6 nitrogen and oxygen atoms in total. The van der Waals surface area contributed by atoms with E-state index in [1.165, 1.54) is 16.0 Å². The topological polar surface area (TPSA) is 63.1 Å². The molecular weight excluding hydrogens is 342 g/mol. The number of urea groups is 1. The van der Waals surface area contributed by atoms with Crippen LogP contribution in [0.4, 0.5) is 4.79 Å². The summed E-state index contributed by atoms with van der Waals surface area (Å²) in [6, 6.07) is 15.0. The molecule has 0 saturated carbocycles. The number of carbonyl (C=O) groups is 2. The summed E-state index contributed by atoms with van der Waals surface area (Å²) in [5.41, 5.74) is 2.03. The molecule has 1 heterocycles. The molecule has 1 unspecified atom stereocenters. The van der Waals surface area contributed by atoms with Gasteiger partial charge in [-0.3, -0.25) is 4.79 Å². The van der Waals surface area contributed by atoms with Gasteiger partial charge in [0.05, 0.1) is 14.2 Å². The Balaban J connectivity index is 1.76. The molecule has 6 heteroatoms. The van der Waals surface area contributed by atoms with Gasteiger partial charge in [-0.2, -0.15) is 0 Å². The molecule has 2 aromatic carbocycles. The first-order valence-corrected chi connectivity index (χ1v) is 8.99. The maximum atomic E-state index is 13.1. The summed E-state index contributed by atoms with van der Waals surface area (Å²) >= 11 is 0. The molecule has 0 bridgehead atoms. The Labute approximate surface area is 159 Å². The predicted molar refractivity (Wildman–Crippen MR) is 102 cm³/mol. The van der Waals surface area contributed by atoms with Crippen LogP contribution in [0.3, 0.4) is 0 Å². The van der Waals surface area contributed by atoms with Gasteiger partial charge in [0.1, 0.15) is 17.8 Å². The molecule has 3 amide bonds. The Morgan fingerprint density at radius 1 is 1.15 bits per heavy atom. The molecule has 0 aliphatic carbocycles. The van der Waals surface area contributed by atoms with Crippen molar-refractivity contribution < 1.29 is 19.2 Å². The van der Waals surface area contributed by atoms with E-state index < -0.39 is 5.54 Å². The molecule has 142 valence electrons. The Kier molecular flexibility index (Phi) is 5.19. The lowest BCUT2D eigenvalue weighted by Crippen LogP contribution is -3.09. The zero-order chi connectivity index (χ0) is 19.6. The summed E-state index contributed by atoms with van der Waals surface area (Å²) in [6.07, 6.45) is 0. The van der Waals surface area contributed by atoms with Crippen molar-refractivity contribution in [1.29, 1.82) is 0 Å². The highest BCUT2D eigenvalue weighted by atomic mass is 16.5. The fourth-order valence-corrected chi connectivity index (χ4v) is 3.43. The Morgan fingerprint density at radius 2 is 1.89 bits per heavy atom. The number of amides is 3. The Bertz CT molecular complexity index is 867. The summed E-state index contributed by atoms with van der Waals surface area (Å²) in [4.78, 5) is 28.0. The van der Waals surface area contributed by atoms with E-state index >= 15 is 0 Å². The van der Waals surface area contributed by atoms with Crippen LogP contribution in [-0.4, -0.2) is 37.7 Å². The lowest BCUT2D eigenvalue weighted by atomic mass is 9.92. The van der Waals surface area contributed by atoms with Gasteiger partial charge in [0.25, 0.3) is 5.91 Å². The van der Waals surface area contributed by atoms with Crippen LogP contribution in [0.1, 0.15) is 23.6 Å². The second-order valence-electron chi connectivity index (χ2n) is 7.24. The van der Waals surface area contributed by atoms with Gasteiger partial charge >= 0.3 is 6.03 Å². The Hall–Kier alpha value is -2.86. The van der Waals surface area contributed by atoms with Crippen molar-refractivity contribution in [3.05, 3.63) is 65.2 Å². The zero-order valence-electron chi connectivity index (χ0n) is 16.2. The summed E-state index contributed by atoms with van der Waals surface area (Å²) in [7, 11) is 3.56. The van der Waals surface area contributed by atoms with Crippen molar-refractivity contribution in [3.8, 4) is 5.75 Å². The van der Waals surface area contributed by atoms with Crippen LogP contribution in [0.5, 0.6) is 5.75 Å². The van der Waals surface area contributed by atoms with Crippen molar-refractivity contribution in [2.24, 2.45) is 0 Å². The molecule has 1 fully saturated rings. The number of ether oxygens (including phenoxy) is 1. The van der Waals surface area contributed by atoms with Gasteiger partial charge in [-0.1, -0.05) is 36.4 Å². The maximum Gasteiger partial charge on any atom is 0.329 e. The van der Waals surface area contributed by atoms with Crippen LogP contribution in [0.15, 0.2) is 48.5 Å². The fourth-order valence-electron chi connectivity index (χ4n) is 3.43. The van der Waals surface area contributed by atoms with Gasteiger partial charge in [-0.25, -0.2) is 9.69 Å².